The summed E-state index contributed by atoms with van der Waals surface area (Å²) in [6, 6.07) is 0. The van der Waals surface area contributed by atoms with Crippen LogP contribution in [0.4, 0.5) is 0 Å². The summed E-state index contributed by atoms with van der Waals surface area (Å²) >= 11 is 0. The number of allylic oxidation sites excluding steroid dienone is 4. The number of hydrogen-bond donors (Lipinski definition) is 0. The summed E-state index contributed by atoms with van der Waals surface area (Å²) in [4.78, 5) is 5.46. The molecule has 0 aromatic heterocycles. The second kappa shape index (κ2) is 10.4. The molecule has 204 valence electrons. The monoisotopic (exact) mass is 513 g/mol. The molecule has 3 fully saturated rings. The van der Waals surface area contributed by atoms with E-state index in [-0.39, 0.29) is 5.41 Å². The summed E-state index contributed by atoms with van der Waals surface area (Å²) in [5.41, 5.74) is 3.59. The Balaban J connectivity index is 1.61. The Kier molecular flexibility index (Phi) is 8.10. The summed E-state index contributed by atoms with van der Waals surface area (Å²) < 4.78 is 6.63. The average molecular weight is 514 g/mol. The van der Waals surface area contributed by atoms with Gasteiger partial charge in [-0.25, -0.2) is 0 Å². The molecular formula is C32H55NO2Si. The highest BCUT2D eigenvalue weighted by Gasteiger charge is 2.59. The van der Waals surface area contributed by atoms with Crippen LogP contribution in [0.25, 0.3) is 0 Å². The minimum atomic E-state index is -1.56. The highest BCUT2D eigenvalue weighted by molar-refractivity contribution is 6.69. The molecule has 9 atom stereocenters. The van der Waals surface area contributed by atoms with Crippen molar-refractivity contribution in [2.75, 3.05) is 7.11 Å². The van der Waals surface area contributed by atoms with E-state index >= 15 is 0 Å². The van der Waals surface area contributed by atoms with Gasteiger partial charge in [-0.05, 0) is 117 Å². The van der Waals surface area contributed by atoms with Crippen LogP contribution in [0.5, 0.6) is 0 Å². The lowest BCUT2D eigenvalue weighted by atomic mass is 9.47. The Labute approximate surface area is 223 Å². The van der Waals surface area contributed by atoms with Gasteiger partial charge in [-0.2, -0.15) is 0 Å². The summed E-state index contributed by atoms with van der Waals surface area (Å²) in [6.07, 6.45) is 16.9. The fourth-order valence-electron chi connectivity index (χ4n) is 8.76. The molecule has 0 saturated heterocycles. The first-order valence-corrected chi connectivity index (χ1v) is 18.4. The van der Waals surface area contributed by atoms with Crippen molar-refractivity contribution >= 4 is 14.0 Å². The smallest absolute Gasteiger partial charge is 0.184 e. The zero-order valence-corrected chi connectivity index (χ0v) is 26.1. The predicted octanol–water partition coefficient (Wildman–Crippen LogP) is 8.88. The molecule has 4 aliphatic carbocycles. The molecule has 9 unspecified atom stereocenters. The third kappa shape index (κ3) is 5.20. The number of oxime groups is 1. The predicted molar refractivity (Wildman–Crippen MR) is 156 cm³/mol. The lowest BCUT2D eigenvalue weighted by Crippen LogP contribution is -2.53. The molecule has 0 radical (unpaired) electrons. The first kappa shape index (κ1) is 28.1. The van der Waals surface area contributed by atoms with E-state index in [0.29, 0.717) is 47.0 Å². The van der Waals surface area contributed by atoms with E-state index in [4.69, 9.17) is 9.26 Å². The molecule has 4 heteroatoms. The van der Waals surface area contributed by atoms with Gasteiger partial charge in [-0.15, -0.1) is 0 Å². The molecule has 4 aliphatic rings. The normalized spacial score (nSPS) is 41.6. The van der Waals surface area contributed by atoms with Gasteiger partial charge < -0.3 is 9.26 Å². The van der Waals surface area contributed by atoms with Gasteiger partial charge in [0.15, 0.2) is 8.32 Å². The highest BCUT2D eigenvalue weighted by Crippen LogP contribution is 2.66. The second-order valence-electron chi connectivity index (χ2n) is 14.7. The largest absolute Gasteiger partial charge is 0.415 e. The number of nitrogens with zero attached hydrogens (tertiary/aromatic N) is 1. The summed E-state index contributed by atoms with van der Waals surface area (Å²) in [7, 11) is 0.160. The second-order valence-corrected chi connectivity index (χ2v) is 19.2. The molecular weight excluding hydrogens is 458 g/mol. The molecule has 0 bridgehead atoms. The van der Waals surface area contributed by atoms with Crippen LogP contribution < -0.4 is 0 Å². The van der Waals surface area contributed by atoms with Crippen molar-refractivity contribution in [2.24, 2.45) is 57.4 Å². The van der Waals surface area contributed by atoms with Crippen LogP contribution in [-0.2, 0) is 9.26 Å². The lowest BCUT2D eigenvalue weighted by molar-refractivity contribution is -0.0113. The maximum absolute atomic E-state index is 6.63. The Bertz CT molecular complexity index is 885. The van der Waals surface area contributed by atoms with Crippen LogP contribution in [0.2, 0.25) is 19.6 Å². The Hall–Kier alpha value is -0.873. The standard InChI is InChI=1S/C32H55NO2Si/c1-21(2)22(3)11-12-23(4)26-13-14-27-25-20-30(33-34-7)29-19-24(35-36(8,9)10)15-17-32(29,6)28(25)16-18-31(26,27)5/h11-12,20-24,26-29H,13-19H2,1-10H3. The van der Waals surface area contributed by atoms with Crippen molar-refractivity contribution in [3.05, 3.63) is 23.8 Å². The van der Waals surface area contributed by atoms with Crippen LogP contribution >= 0.6 is 0 Å². The molecule has 0 N–H and O–H groups in total. The van der Waals surface area contributed by atoms with Crippen molar-refractivity contribution in [3.8, 4) is 0 Å². The number of rotatable bonds is 7. The van der Waals surface area contributed by atoms with Gasteiger partial charge in [0.1, 0.15) is 7.11 Å². The van der Waals surface area contributed by atoms with Crippen LogP contribution in [-0.4, -0.2) is 27.2 Å². The Morgan fingerprint density at radius 3 is 2.22 bits per heavy atom. The van der Waals surface area contributed by atoms with E-state index in [0.717, 1.165) is 12.3 Å². The summed E-state index contributed by atoms with van der Waals surface area (Å²) in [5.74, 6) is 4.61. The molecule has 36 heavy (non-hydrogen) atoms. The molecule has 0 aliphatic heterocycles. The molecule has 0 spiro atoms. The van der Waals surface area contributed by atoms with E-state index < -0.39 is 8.32 Å². The minimum Gasteiger partial charge on any atom is -0.415 e. The zero-order valence-electron chi connectivity index (χ0n) is 25.1. The fraction of sp³-hybridized carbons (Fsp3) is 0.844. The average Bonchev–Trinajstić information content (AvgIpc) is 3.14. The van der Waals surface area contributed by atoms with Gasteiger partial charge in [0, 0.05) is 12.0 Å². The molecule has 0 heterocycles. The molecule has 0 aromatic carbocycles. The third-order valence-corrected chi connectivity index (χ3v) is 12.1. The van der Waals surface area contributed by atoms with Crippen LogP contribution in [0.3, 0.4) is 0 Å². The Morgan fingerprint density at radius 2 is 1.58 bits per heavy atom. The van der Waals surface area contributed by atoms with Gasteiger partial charge in [0.25, 0.3) is 0 Å². The lowest BCUT2D eigenvalue weighted by Gasteiger charge is -2.58. The summed E-state index contributed by atoms with van der Waals surface area (Å²) in [6.45, 7) is 21.7. The first-order chi connectivity index (χ1) is 16.8. The van der Waals surface area contributed by atoms with E-state index in [1.807, 2.05) is 0 Å². The fourth-order valence-corrected chi connectivity index (χ4v) is 9.98. The molecule has 0 amide bonds. The van der Waals surface area contributed by atoms with Crippen molar-refractivity contribution in [3.63, 3.8) is 0 Å². The van der Waals surface area contributed by atoms with Gasteiger partial charge in [0.05, 0.1) is 5.71 Å². The minimum absolute atomic E-state index is 0.276. The molecule has 4 rings (SSSR count). The SMILES string of the molecule is CON=C1C=C2C(CCC3(C)C2CCC3C(C)C=CC(C)C(C)C)C2(C)CCC(O[Si](C)(C)C)CC12. The van der Waals surface area contributed by atoms with Crippen molar-refractivity contribution < 1.29 is 9.26 Å². The highest BCUT2D eigenvalue weighted by atomic mass is 28.4. The van der Waals surface area contributed by atoms with E-state index in [2.05, 4.69) is 84.6 Å². The molecule has 3 saturated carbocycles. The van der Waals surface area contributed by atoms with Crippen LogP contribution in [0.1, 0.15) is 86.5 Å². The Morgan fingerprint density at radius 1 is 0.917 bits per heavy atom. The van der Waals surface area contributed by atoms with Crippen molar-refractivity contribution in [1.82, 2.24) is 0 Å². The van der Waals surface area contributed by atoms with Gasteiger partial charge >= 0.3 is 0 Å². The van der Waals surface area contributed by atoms with Gasteiger partial charge in [0.2, 0.25) is 0 Å². The molecule has 0 aromatic rings. The topological polar surface area (TPSA) is 30.8 Å². The zero-order chi connectivity index (χ0) is 26.5. The summed E-state index contributed by atoms with van der Waals surface area (Å²) in [5, 5.41) is 4.68. The van der Waals surface area contributed by atoms with E-state index in [1.165, 1.54) is 44.2 Å². The number of hydrogen-bond acceptors (Lipinski definition) is 3. The maximum Gasteiger partial charge on any atom is 0.184 e. The quantitative estimate of drug-likeness (QED) is 0.193. The first-order valence-electron chi connectivity index (χ1n) is 15.0. The number of fused-ring (bicyclic) bond motifs is 5. The van der Waals surface area contributed by atoms with Crippen molar-refractivity contribution in [1.29, 1.82) is 0 Å². The third-order valence-electron chi connectivity index (χ3n) is 11.1. The van der Waals surface area contributed by atoms with Gasteiger partial charge in [-0.1, -0.05) is 64.4 Å². The van der Waals surface area contributed by atoms with Gasteiger partial charge in [-0.3, -0.25) is 0 Å². The maximum atomic E-state index is 6.63. The van der Waals surface area contributed by atoms with Crippen LogP contribution in [0, 0.1) is 52.3 Å². The van der Waals surface area contributed by atoms with Crippen molar-refractivity contribution in [2.45, 2.75) is 112 Å². The van der Waals surface area contributed by atoms with Crippen LogP contribution in [0.15, 0.2) is 29.0 Å². The van der Waals surface area contributed by atoms with E-state index in [9.17, 15) is 0 Å². The molecule has 3 nitrogen and oxygen atoms in total. The van der Waals surface area contributed by atoms with E-state index in [1.54, 1.807) is 12.7 Å².